The number of carbonyl (C=O) groups is 6. The van der Waals surface area contributed by atoms with Crippen LogP contribution in [-0.4, -0.2) is 58.5 Å². The van der Waals surface area contributed by atoms with Gasteiger partial charge in [-0.1, -0.05) is 33.1 Å². The van der Waals surface area contributed by atoms with Crippen molar-refractivity contribution in [3.63, 3.8) is 0 Å². The van der Waals surface area contributed by atoms with E-state index in [1.54, 1.807) is 6.92 Å². The quantitative estimate of drug-likeness (QED) is 0.303. The van der Waals surface area contributed by atoms with Crippen molar-refractivity contribution in [2.75, 3.05) is 7.11 Å². The maximum atomic E-state index is 14.2. The van der Waals surface area contributed by atoms with Crippen LogP contribution in [0.3, 0.4) is 0 Å². The highest BCUT2D eigenvalue weighted by molar-refractivity contribution is 6.14. The first-order chi connectivity index (χ1) is 18.1. The van der Waals surface area contributed by atoms with Gasteiger partial charge < -0.3 is 9.84 Å². The summed E-state index contributed by atoms with van der Waals surface area (Å²) in [5.74, 6) is -9.35. The molecule has 9 nitrogen and oxygen atoms in total. The molecular formula is C29H37NO8. The third-order valence-electron chi connectivity index (χ3n) is 11.5. The number of rotatable bonds is 7. The molecule has 0 radical (unpaired) electrons. The van der Waals surface area contributed by atoms with E-state index in [1.807, 2.05) is 0 Å². The smallest absolute Gasteiger partial charge is 0.310 e. The van der Waals surface area contributed by atoms with E-state index in [0.29, 0.717) is 30.6 Å². The fourth-order valence-electron chi connectivity index (χ4n) is 9.98. The highest BCUT2D eigenvalue weighted by atomic mass is 16.5. The monoisotopic (exact) mass is 527 g/mol. The van der Waals surface area contributed by atoms with Gasteiger partial charge in [-0.3, -0.25) is 33.7 Å². The van der Waals surface area contributed by atoms with E-state index in [0.717, 1.165) is 25.7 Å². The van der Waals surface area contributed by atoms with E-state index in [4.69, 9.17) is 4.74 Å². The number of hydrogen-bond donors (Lipinski definition) is 1. The molecule has 2 amide bonds. The number of imide groups is 1. The zero-order valence-corrected chi connectivity index (χ0v) is 22.2. The molecule has 206 valence electrons. The zero-order valence-electron chi connectivity index (χ0n) is 22.2. The molecule has 0 aromatic rings. The van der Waals surface area contributed by atoms with Gasteiger partial charge in [0.15, 0.2) is 0 Å². The normalized spacial score (nSPS) is 43.6. The lowest BCUT2D eigenvalue weighted by Gasteiger charge is -2.35. The van der Waals surface area contributed by atoms with Crippen molar-refractivity contribution in [3.05, 3.63) is 0 Å². The van der Waals surface area contributed by atoms with Gasteiger partial charge in [-0.25, -0.2) is 0 Å². The van der Waals surface area contributed by atoms with Gasteiger partial charge in [-0.05, 0) is 54.8 Å². The van der Waals surface area contributed by atoms with Crippen molar-refractivity contribution in [2.45, 2.75) is 64.8 Å². The summed E-state index contributed by atoms with van der Waals surface area (Å²) in [4.78, 5) is 81.7. The number of ether oxygens (including phenoxy) is 1. The second-order valence-electron chi connectivity index (χ2n) is 12.9. The Morgan fingerprint density at radius 3 is 2.05 bits per heavy atom. The van der Waals surface area contributed by atoms with Gasteiger partial charge in [-0.15, -0.1) is 0 Å². The first-order valence-electron chi connectivity index (χ1n) is 14.3. The van der Waals surface area contributed by atoms with E-state index in [2.05, 4.69) is 6.92 Å². The Labute approximate surface area is 222 Å². The molecule has 7 aliphatic rings. The molecule has 4 bridgehead atoms. The molecule has 1 saturated heterocycles. The second-order valence-corrected chi connectivity index (χ2v) is 12.9. The predicted octanol–water partition coefficient (Wildman–Crippen LogP) is 2.35. The highest BCUT2D eigenvalue weighted by Gasteiger charge is 2.75. The minimum Gasteiger partial charge on any atom is -0.481 e. The van der Waals surface area contributed by atoms with Gasteiger partial charge in [0, 0.05) is 17.9 Å². The van der Waals surface area contributed by atoms with Gasteiger partial charge in [0.2, 0.25) is 11.8 Å². The Morgan fingerprint density at radius 1 is 0.895 bits per heavy atom. The minimum atomic E-state index is -1.39. The molecule has 12 atom stereocenters. The first kappa shape index (κ1) is 25.7. The molecule has 6 aliphatic carbocycles. The average Bonchev–Trinajstić information content (AvgIpc) is 3.14. The summed E-state index contributed by atoms with van der Waals surface area (Å²) in [5.41, 5.74) is 0. The molecule has 6 saturated carbocycles. The number of carboxylic acids is 1. The van der Waals surface area contributed by atoms with Crippen LogP contribution in [0.2, 0.25) is 0 Å². The Kier molecular flexibility index (Phi) is 6.07. The molecule has 1 aliphatic heterocycles. The Balaban J connectivity index is 1.45. The van der Waals surface area contributed by atoms with Crippen LogP contribution in [0.5, 0.6) is 0 Å². The highest BCUT2D eigenvalue weighted by Crippen LogP contribution is 2.77. The van der Waals surface area contributed by atoms with Crippen molar-refractivity contribution in [1.82, 2.24) is 4.90 Å². The summed E-state index contributed by atoms with van der Waals surface area (Å²) in [7, 11) is 1.17. The standard InChI is InChI=1S/C29H37NO8/c1-11-14-9-15-18(11)21(15)20(14)24(28(35)36)25(29(37)38-3)23-22(19-12(2)16(31)10-17(19)32)26(33)30(27(23)34)13-7-5-4-6-8-13/h11-15,18-25H,4-10H2,1-3H3,(H,35,36). The summed E-state index contributed by atoms with van der Waals surface area (Å²) in [6.07, 6.45) is 4.63. The number of amides is 2. The van der Waals surface area contributed by atoms with Crippen LogP contribution < -0.4 is 0 Å². The topological polar surface area (TPSA) is 135 Å². The number of esters is 1. The zero-order chi connectivity index (χ0) is 27.2. The number of hydrogen-bond acceptors (Lipinski definition) is 7. The Bertz CT molecular complexity index is 1110. The van der Waals surface area contributed by atoms with Crippen LogP contribution >= 0.6 is 0 Å². The molecule has 1 N–H and O–H groups in total. The Morgan fingerprint density at radius 2 is 1.58 bits per heavy atom. The fraction of sp³-hybridized carbons (Fsp3) is 0.793. The van der Waals surface area contributed by atoms with Gasteiger partial charge >= 0.3 is 11.9 Å². The predicted molar refractivity (Wildman–Crippen MR) is 131 cm³/mol. The van der Waals surface area contributed by atoms with Crippen LogP contribution in [0.25, 0.3) is 0 Å². The number of carboxylic acid groups (broad SMARTS) is 1. The third kappa shape index (κ3) is 3.41. The fourth-order valence-corrected chi connectivity index (χ4v) is 9.98. The molecule has 1 heterocycles. The summed E-state index contributed by atoms with van der Waals surface area (Å²) in [5, 5.41) is 10.6. The maximum Gasteiger partial charge on any atom is 0.310 e. The molecule has 0 aromatic heterocycles. The first-order valence-corrected chi connectivity index (χ1v) is 14.3. The average molecular weight is 528 g/mol. The van der Waals surface area contributed by atoms with Gasteiger partial charge in [0.25, 0.3) is 0 Å². The van der Waals surface area contributed by atoms with E-state index >= 15 is 0 Å². The van der Waals surface area contributed by atoms with Crippen molar-refractivity contribution in [2.24, 2.45) is 71.0 Å². The number of methoxy groups -OCH3 is 1. The molecule has 38 heavy (non-hydrogen) atoms. The number of likely N-dealkylation sites (tertiary alicyclic amines) is 1. The van der Waals surface area contributed by atoms with Crippen LogP contribution in [0.4, 0.5) is 0 Å². The minimum absolute atomic E-state index is 0.150. The number of aliphatic carboxylic acids is 1. The van der Waals surface area contributed by atoms with Crippen molar-refractivity contribution in [1.29, 1.82) is 0 Å². The number of nitrogens with zero attached hydrogens (tertiary/aromatic N) is 1. The van der Waals surface area contributed by atoms with Crippen molar-refractivity contribution >= 4 is 35.3 Å². The van der Waals surface area contributed by atoms with Crippen molar-refractivity contribution < 1.29 is 38.6 Å². The summed E-state index contributed by atoms with van der Waals surface area (Å²) < 4.78 is 5.15. The number of Topliss-reactive ketones (excluding diaryl/α,β-unsaturated/α-hetero) is 2. The lowest BCUT2D eigenvalue weighted by atomic mass is 9.65. The van der Waals surface area contributed by atoms with Gasteiger partial charge in [0.05, 0.1) is 37.2 Å². The third-order valence-corrected chi connectivity index (χ3v) is 11.5. The molecule has 9 heteroatoms. The molecule has 12 unspecified atom stereocenters. The number of carbonyl (C=O) groups excluding carboxylic acids is 5. The van der Waals surface area contributed by atoms with Crippen LogP contribution in [0.15, 0.2) is 0 Å². The van der Waals surface area contributed by atoms with Crippen LogP contribution in [0, 0.1) is 71.0 Å². The molecule has 0 aromatic carbocycles. The lowest BCUT2D eigenvalue weighted by molar-refractivity contribution is -0.165. The van der Waals surface area contributed by atoms with Gasteiger partial charge in [0.1, 0.15) is 11.6 Å². The summed E-state index contributed by atoms with van der Waals surface area (Å²) in [6, 6.07) is -0.340. The number of ketones is 2. The molecular weight excluding hydrogens is 490 g/mol. The van der Waals surface area contributed by atoms with Gasteiger partial charge in [-0.2, -0.15) is 0 Å². The van der Waals surface area contributed by atoms with E-state index in [1.165, 1.54) is 12.0 Å². The molecule has 7 fully saturated rings. The van der Waals surface area contributed by atoms with Crippen LogP contribution in [-0.2, 0) is 33.5 Å². The maximum absolute atomic E-state index is 14.2. The molecule has 7 rings (SSSR count). The van der Waals surface area contributed by atoms with E-state index in [-0.39, 0.29) is 36.0 Å². The summed E-state index contributed by atoms with van der Waals surface area (Å²) >= 11 is 0. The lowest BCUT2D eigenvalue weighted by Crippen LogP contribution is -2.47. The van der Waals surface area contributed by atoms with E-state index < -0.39 is 65.0 Å². The van der Waals surface area contributed by atoms with Crippen LogP contribution in [0.1, 0.15) is 58.8 Å². The second kappa shape index (κ2) is 8.98. The van der Waals surface area contributed by atoms with Crippen molar-refractivity contribution in [3.8, 4) is 0 Å². The SMILES string of the molecule is COC(=O)C(C1C(=O)N(C2CCCCC2)C(=O)C1C1C(=O)CC(=O)C1C)C(C(=O)O)C1C2CC3C(C2C)C31. The van der Waals surface area contributed by atoms with E-state index in [9.17, 15) is 33.9 Å². The molecule has 0 spiro atoms. The Hall–Kier alpha value is -2.58. The summed E-state index contributed by atoms with van der Waals surface area (Å²) in [6.45, 7) is 3.74. The largest absolute Gasteiger partial charge is 0.481 e.